The number of ether oxygens (including phenoxy) is 3. The van der Waals surface area contributed by atoms with Gasteiger partial charge in [0.15, 0.2) is 6.10 Å². The molecule has 392 valence electrons. The molecule has 0 radical (unpaired) electrons. The summed E-state index contributed by atoms with van der Waals surface area (Å²) in [6.07, 6.45) is 56.7. The summed E-state index contributed by atoms with van der Waals surface area (Å²) in [5.74, 6) is 0.827. The average Bonchev–Trinajstić information content (AvgIpc) is 3.29. The first-order chi connectivity index (χ1) is 32.2. The summed E-state index contributed by atoms with van der Waals surface area (Å²) in [5.41, 5.74) is 0. The Labute approximate surface area is 412 Å². The lowest BCUT2D eigenvalue weighted by molar-refractivity contribution is -0.167. The summed E-state index contributed by atoms with van der Waals surface area (Å²) in [7, 11) is 0. The van der Waals surface area contributed by atoms with E-state index in [-0.39, 0.29) is 31.1 Å². The summed E-state index contributed by atoms with van der Waals surface area (Å²) < 4.78 is 16.9. The van der Waals surface area contributed by atoms with Gasteiger partial charge in [-0.15, -0.1) is 0 Å². The monoisotopic (exact) mass is 933 g/mol. The molecule has 0 heterocycles. The van der Waals surface area contributed by atoms with E-state index in [0.717, 1.165) is 69.6 Å². The highest BCUT2D eigenvalue weighted by atomic mass is 16.6. The molecule has 0 rings (SSSR count). The summed E-state index contributed by atoms with van der Waals surface area (Å²) in [6.45, 7) is 11.4. The van der Waals surface area contributed by atoms with Crippen molar-refractivity contribution in [2.45, 2.75) is 343 Å². The fourth-order valence-corrected chi connectivity index (χ4v) is 9.23. The number of hydrogen-bond acceptors (Lipinski definition) is 6. The van der Waals surface area contributed by atoms with Gasteiger partial charge in [0.2, 0.25) is 0 Å². The molecular weight excluding hydrogens is 817 g/mol. The minimum absolute atomic E-state index is 0.0626. The maximum Gasteiger partial charge on any atom is 0.306 e. The van der Waals surface area contributed by atoms with Crippen LogP contribution in [0, 0.1) is 11.8 Å². The van der Waals surface area contributed by atoms with Gasteiger partial charge in [-0.25, -0.2) is 0 Å². The smallest absolute Gasteiger partial charge is 0.306 e. The normalized spacial score (nSPS) is 12.0. The largest absolute Gasteiger partial charge is 0.462 e. The molecule has 0 aromatic rings. The lowest BCUT2D eigenvalue weighted by Crippen LogP contribution is -2.30. The molecule has 0 bridgehead atoms. The lowest BCUT2D eigenvalue weighted by atomic mass is 10.0. The van der Waals surface area contributed by atoms with Crippen LogP contribution < -0.4 is 0 Å². The molecule has 6 nitrogen and oxygen atoms in total. The Kier molecular flexibility index (Phi) is 51.5. The van der Waals surface area contributed by atoms with Gasteiger partial charge in [0, 0.05) is 19.3 Å². The van der Waals surface area contributed by atoms with E-state index in [0.29, 0.717) is 19.3 Å². The lowest BCUT2D eigenvalue weighted by Gasteiger charge is -2.18. The standard InChI is InChI=1S/C60H116O6/c1-6-7-8-9-10-11-12-13-14-15-16-17-20-25-30-35-40-45-50-58(61)64-53-57(66-60(63)52-47-42-37-32-27-22-24-29-34-39-44-49-56(4)5)54-65-59(62)51-46-41-36-31-26-21-18-19-23-28-33-38-43-48-55(2)3/h55-57H,6-54H2,1-5H3/t57-/m0/s1. The van der Waals surface area contributed by atoms with Crippen LogP contribution in [-0.2, 0) is 28.6 Å². The zero-order valence-electron chi connectivity index (χ0n) is 45.3. The van der Waals surface area contributed by atoms with Crippen LogP contribution in [-0.4, -0.2) is 37.2 Å². The third kappa shape index (κ3) is 53.4. The fraction of sp³-hybridized carbons (Fsp3) is 0.950. The molecule has 66 heavy (non-hydrogen) atoms. The quantitative estimate of drug-likeness (QED) is 0.0343. The second-order valence-electron chi connectivity index (χ2n) is 21.6. The van der Waals surface area contributed by atoms with Gasteiger partial charge >= 0.3 is 17.9 Å². The average molecular weight is 934 g/mol. The van der Waals surface area contributed by atoms with E-state index in [1.54, 1.807) is 0 Å². The number of unbranched alkanes of at least 4 members (excludes halogenated alkanes) is 39. The number of carbonyl (C=O) groups is 3. The fourth-order valence-electron chi connectivity index (χ4n) is 9.23. The van der Waals surface area contributed by atoms with Crippen molar-refractivity contribution >= 4 is 17.9 Å². The molecule has 0 aliphatic heterocycles. The minimum atomic E-state index is -0.763. The van der Waals surface area contributed by atoms with Gasteiger partial charge in [0.25, 0.3) is 0 Å². The Balaban J connectivity index is 4.28. The van der Waals surface area contributed by atoms with Crippen LogP contribution in [0.15, 0.2) is 0 Å². The number of carbonyl (C=O) groups excluding carboxylic acids is 3. The zero-order valence-corrected chi connectivity index (χ0v) is 45.3. The zero-order chi connectivity index (χ0) is 48.2. The van der Waals surface area contributed by atoms with Gasteiger partial charge in [-0.3, -0.25) is 14.4 Å². The summed E-state index contributed by atoms with van der Waals surface area (Å²) in [4.78, 5) is 38.2. The first-order valence-corrected chi connectivity index (χ1v) is 29.7. The van der Waals surface area contributed by atoms with Crippen LogP contribution in [0.5, 0.6) is 0 Å². The Hall–Kier alpha value is -1.59. The van der Waals surface area contributed by atoms with E-state index in [1.807, 2.05) is 0 Å². The summed E-state index contributed by atoms with van der Waals surface area (Å²) in [5, 5.41) is 0. The highest BCUT2D eigenvalue weighted by Crippen LogP contribution is 2.18. The maximum atomic E-state index is 12.9. The third-order valence-electron chi connectivity index (χ3n) is 13.7. The minimum Gasteiger partial charge on any atom is -0.462 e. The third-order valence-corrected chi connectivity index (χ3v) is 13.7. The number of rotatable bonds is 54. The van der Waals surface area contributed by atoms with Crippen molar-refractivity contribution in [3.63, 3.8) is 0 Å². The number of hydrogen-bond donors (Lipinski definition) is 0. The van der Waals surface area contributed by atoms with Gasteiger partial charge < -0.3 is 14.2 Å². The Morgan fingerprint density at radius 3 is 0.742 bits per heavy atom. The molecule has 0 N–H and O–H groups in total. The summed E-state index contributed by atoms with van der Waals surface area (Å²) in [6, 6.07) is 0. The molecule has 0 aliphatic rings. The van der Waals surface area contributed by atoms with Crippen LogP contribution >= 0.6 is 0 Å². The van der Waals surface area contributed by atoms with E-state index >= 15 is 0 Å². The van der Waals surface area contributed by atoms with Crippen LogP contribution in [0.25, 0.3) is 0 Å². The van der Waals surface area contributed by atoms with Crippen LogP contribution in [0.4, 0.5) is 0 Å². The molecular formula is C60H116O6. The van der Waals surface area contributed by atoms with E-state index in [4.69, 9.17) is 14.2 Å². The van der Waals surface area contributed by atoms with Crippen molar-refractivity contribution in [1.82, 2.24) is 0 Å². The van der Waals surface area contributed by atoms with Crippen LogP contribution in [0.2, 0.25) is 0 Å². The van der Waals surface area contributed by atoms with E-state index < -0.39 is 6.10 Å². The molecule has 0 saturated carbocycles. The second kappa shape index (κ2) is 52.8. The Bertz CT molecular complexity index is 1010. The second-order valence-corrected chi connectivity index (χ2v) is 21.6. The van der Waals surface area contributed by atoms with Crippen LogP contribution in [0.1, 0.15) is 336 Å². The van der Waals surface area contributed by atoms with Crippen LogP contribution in [0.3, 0.4) is 0 Å². The SMILES string of the molecule is CCCCCCCCCCCCCCCCCCCCC(=O)OC[C@@H](COC(=O)CCCCCCCCCCCCCCCC(C)C)OC(=O)CCCCCCCCCCCCCC(C)C. The molecule has 0 aromatic heterocycles. The van der Waals surface area contributed by atoms with Gasteiger partial charge in [-0.05, 0) is 31.1 Å². The van der Waals surface area contributed by atoms with Crippen molar-refractivity contribution < 1.29 is 28.6 Å². The first kappa shape index (κ1) is 64.4. The Morgan fingerprint density at radius 1 is 0.288 bits per heavy atom. The van der Waals surface area contributed by atoms with Crippen molar-refractivity contribution in [3.8, 4) is 0 Å². The van der Waals surface area contributed by atoms with Crippen molar-refractivity contribution in [1.29, 1.82) is 0 Å². The van der Waals surface area contributed by atoms with Crippen molar-refractivity contribution in [2.24, 2.45) is 11.8 Å². The van der Waals surface area contributed by atoms with Gasteiger partial charge in [-0.1, -0.05) is 298 Å². The molecule has 0 saturated heterocycles. The van der Waals surface area contributed by atoms with E-state index in [1.165, 1.54) is 225 Å². The molecule has 0 amide bonds. The highest BCUT2D eigenvalue weighted by molar-refractivity contribution is 5.71. The molecule has 1 atom stereocenters. The number of esters is 3. The highest BCUT2D eigenvalue weighted by Gasteiger charge is 2.19. The topological polar surface area (TPSA) is 78.9 Å². The molecule has 0 spiro atoms. The maximum absolute atomic E-state index is 12.9. The molecule has 0 fully saturated rings. The van der Waals surface area contributed by atoms with Crippen molar-refractivity contribution in [3.05, 3.63) is 0 Å². The molecule has 6 heteroatoms. The predicted molar refractivity (Wildman–Crippen MR) is 284 cm³/mol. The van der Waals surface area contributed by atoms with Crippen molar-refractivity contribution in [2.75, 3.05) is 13.2 Å². The van der Waals surface area contributed by atoms with Gasteiger partial charge in [0.05, 0.1) is 0 Å². The van der Waals surface area contributed by atoms with Gasteiger partial charge in [0.1, 0.15) is 13.2 Å². The van der Waals surface area contributed by atoms with E-state index in [9.17, 15) is 14.4 Å². The molecule has 0 aliphatic carbocycles. The first-order valence-electron chi connectivity index (χ1n) is 29.7. The van der Waals surface area contributed by atoms with Gasteiger partial charge in [-0.2, -0.15) is 0 Å². The Morgan fingerprint density at radius 2 is 0.500 bits per heavy atom. The predicted octanol–water partition coefficient (Wildman–Crippen LogP) is 19.7. The summed E-state index contributed by atoms with van der Waals surface area (Å²) >= 11 is 0. The van der Waals surface area contributed by atoms with E-state index in [2.05, 4.69) is 34.6 Å². The molecule has 0 aromatic carbocycles. The molecule has 0 unspecified atom stereocenters.